The van der Waals surface area contributed by atoms with Gasteiger partial charge in [-0.2, -0.15) is 0 Å². The van der Waals surface area contributed by atoms with E-state index in [1.165, 1.54) is 11.7 Å². The first-order valence-corrected chi connectivity index (χ1v) is 12.9. The number of carbonyl (C=O) groups is 3. The van der Waals surface area contributed by atoms with Gasteiger partial charge < -0.3 is 25.0 Å². The van der Waals surface area contributed by atoms with Crippen molar-refractivity contribution in [3.63, 3.8) is 0 Å². The number of nitrogens with zero attached hydrogens (tertiary/aromatic N) is 2. The molecule has 0 bridgehead atoms. The Morgan fingerprint density at radius 3 is 2.36 bits per heavy atom. The number of methoxy groups -OCH3 is 1. The lowest BCUT2D eigenvalue weighted by molar-refractivity contribution is 0.0911. The molecule has 5 rings (SSSR count). The standard InChI is InChI=1S/C29H30N4O6/c1-32-24-20-13-6-7-14-21(20)33(16-22(34)17-9-4-3-5-10-17)28(36)23(24)26(39-2)25(32)27(35)30-18-11-8-12-19(15-18)31-29(37)38/h3-7,9-10,13-14,18-19,31H,8,11-12,15-16H2,1-2H3,(H,30,35)(H,37,38). The smallest absolute Gasteiger partial charge is 0.404 e. The zero-order chi connectivity index (χ0) is 27.7. The van der Waals surface area contributed by atoms with Crippen molar-refractivity contribution < 1.29 is 24.2 Å². The molecule has 2 atom stereocenters. The molecule has 2 amide bonds. The van der Waals surface area contributed by atoms with Crippen LogP contribution >= 0.6 is 0 Å². The molecule has 1 aliphatic rings. The van der Waals surface area contributed by atoms with Crippen LogP contribution < -0.4 is 20.9 Å². The number of rotatable bonds is 7. The number of benzene rings is 2. The van der Waals surface area contributed by atoms with Crippen molar-refractivity contribution >= 4 is 39.6 Å². The predicted octanol–water partition coefficient (Wildman–Crippen LogP) is 3.69. The number of carbonyl (C=O) groups excluding carboxylic acids is 2. The second-order valence-corrected chi connectivity index (χ2v) is 9.85. The summed E-state index contributed by atoms with van der Waals surface area (Å²) >= 11 is 0. The number of pyridine rings is 1. The Morgan fingerprint density at radius 1 is 1.00 bits per heavy atom. The summed E-state index contributed by atoms with van der Waals surface area (Å²) in [5, 5.41) is 15.5. The maximum Gasteiger partial charge on any atom is 0.404 e. The van der Waals surface area contributed by atoms with Crippen LogP contribution in [0.1, 0.15) is 46.5 Å². The lowest BCUT2D eigenvalue weighted by Gasteiger charge is -2.29. The number of nitrogens with one attached hydrogen (secondary N) is 2. The van der Waals surface area contributed by atoms with Crippen LogP contribution in [-0.2, 0) is 13.6 Å². The highest BCUT2D eigenvalue weighted by molar-refractivity contribution is 6.12. The molecule has 10 heteroatoms. The van der Waals surface area contributed by atoms with E-state index in [-0.39, 0.29) is 41.2 Å². The molecule has 10 nitrogen and oxygen atoms in total. The Morgan fingerprint density at radius 2 is 1.67 bits per heavy atom. The van der Waals surface area contributed by atoms with E-state index in [4.69, 9.17) is 9.84 Å². The molecule has 3 N–H and O–H groups in total. The first-order valence-electron chi connectivity index (χ1n) is 12.9. The van der Waals surface area contributed by atoms with Gasteiger partial charge in [-0.15, -0.1) is 0 Å². The minimum Gasteiger partial charge on any atom is -0.493 e. The normalized spacial score (nSPS) is 17.2. The maximum atomic E-state index is 13.9. The number of aryl methyl sites for hydroxylation is 1. The van der Waals surface area contributed by atoms with Crippen LogP contribution in [0.5, 0.6) is 5.75 Å². The second kappa shape index (κ2) is 10.6. The highest BCUT2D eigenvalue weighted by Crippen LogP contribution is 2.35. The molecule has 0 aliphatic heterocycles. The summed E-state index contributed by atoms with van der Waals surface area (Å²) in [6.45, 7) is -0.168. The molecule has 1 fully saturated rings. The molecule has 0 radical (unpaired) electrons. The molecule has 39 heavy (non-hydrogen) atoms. The zero-order valence-electron chi connectivity index (χ0n) is 21.8. The fourth-order valence-corrected chi connectivity index (χ4v) is 5.68. The summed E-state index contributed by atoms with van der Waals surface area (Å²) in [6, 6.07) is 15.6. The van der Waals surface area contributed by atoms with Crippen molar-refractivity contribution in [3.05, 3.63) is 76.2 Å². The van der Waals surface area contributed by atoms with Gasteiger partial charge in [0.2, 0.25) is 0 Å². The van der Waals surface area contributed by atoms with Gasteiger partial charge in [-0.25, -0.2) is 4.79 Å². The SMILES string of the molecule is COc1c(C(=O)NC2CCCC(NC(=O)O)C2)n(C)c2c1c(=O)n(CC(=O)c1ccccc1)c1ccccc21. The first kappa shape index (κ1) is 26.0. The van der Waals surface area contributed by atoms with Crippen LogP contribution in [0.25, 0.3) is 21.8 Å². The van der Waals surface area contributed by atoms with Crippen LogP contribution in [0.4, 0.5) is 4.79 Å². The number of hydrogen-bond acceptors (Lipinski definition) is 5. The van der Waals surface area contributed by atoms with Crippen molar-refractivity contribution in [3.8, 4) is 5.75 Å². The van der Waals surface area contributed by atoms with Gasteiger partial charge in [0.25, 0.3) is 11.5 Å². The molecular weight excluding hydrogens is 500 g/mol. The monoisotopic (exact) mass is 530 g/mol. The molecular formula is C29H30N4O6. The first-order chi connectivity index (χ1) is 18.8. The summed E-state index contributed by atoms with van der Waals surface area (Å²) in [4.78, 5) is 51.7. The number of ether oxygens (including phenoxy) is 1. The van der Waals surface area contributed by atoms with Gasteiger partial charge in [0.15, 0.2) is 17.2 Å². The minimum absolute atomic E-state index is 0.137. The van der Waals surface area contributed by atoms with Crippen molar-refractivity contribution in [1.82, 2.24) is 19.8 Å². The number of para-hydroxylation sites is 1. The molecule has 4 aromatic rings. The largest absolute Gasteiger partial charge is 0.493 e. The van der Waals surface area contributed by atoms with Crippen LogP contribution in [0.15, 0.2) is 59.4 Å². The zero-order valence-corrected chi connectivity index (χ0v) is 21.8. The van der Waals surface area contributed by atoms with Gasteiger partial charge in [0, 0.05) is 30.1 Å². The van der Waals surface area contributed by atoms with Crippen LogP contribution in [0, 0.1) is 0 Å². The number of hydrogen-bond donors (Lipinski definition) is 3. The third-order valence-electron chi connectivity index (χ3n) is 7.41. The number of ketones is 1. The fraction of sp³-hybridized carbons (Fsp3) is 0.310. The minimum atomic E-state index is -1.09. The third kappa shape index (κ3) is 4.85. The van der Waals surface area contributed by atoms with Crippen molar-refractivity contribution in [2.75, 3.05) is 7.11 Å². The van der Waals surface area contributed by atoms with E-state index < -0.39 is 17.6 Å². The van der Waals surface area contributed by atoms with E-state index in [9.17, 15) is 19.2 Å². The summed E-state index contributed by atoms with van der Waals surface area (Å²) in [5.74, 6) is -0.489. The van der Waals surface area contributed by atoms with Gasteiger partial charge in [0.1, 0.15) is 5.39 Å². The number of aromatic nitrogens is 2. The summed E-state index contributed by atoms with van der Waals surface area (Å²) in [6.07, 6.45) is 1.58. The van der Waals surface area contributed by atoms with Crippen molar-refractivity contribution in [2.45, 2.75) is 44.3 Å². The molecule has 202 valence electrons. The highest BCUT2D eigenvalue weighted by Gasteiger charge is 2.30. The molecule has 0 saturated heterocycles. The van der Waals surface area contributed by atoms with Crippen LogP contribution in [0.2, 0.25) is 0 Å². The van der Waals surface area contributed by atoms with E-state index >= 15 is 0 Å². The van der Waals surface area contributed by atoms with E-state index in [2.05, 4.69) is 10.6 Å². The Kier molecular flexibility index (Phi) is 7.10. The lowest BCUT2D eigenvalue weighted by atomic mass is 9.91. The van der Waals surface area contributed by atoms with Gasteiger partial charge >= 0.3 is 6.09 Å². The van der Waals surface area contributed by atoms with Crippen LogP contribution in [-0.4, -0.2) is 51.2 Å². The van der Waals surface area contributed by atoms with Gasteiger partial charge in [0.05, 0.1) is 24.7 Å². The van der Waals surface area contributed by atoms with Crippen molar-refractivity contribution in [2.24, 2.45) is 7.05 Å². The highest BCUT2D eigenvalue weighted by atomic mass is 16.5. The van der Waals surface area contributed by atoms with E-state index in [1.807, 2.05) is 18.2 Å². The number of carboxylic acid groups (broad SMARTS) is 1. The van der Waals surface area contributed by atoms with E-state index in [0.29, 0.717) is 41.2 Å². The molecule has 2 unspecified atom stereocenters. The Hall–Kier alpha value is -4.60. The number of fused-ring (bicyclic) bond motifs is 3. The average molecular weight is 531 g/mol. The van der Waals surface area contributed by atoms with Crippen LogP contribution in [0.3, 0.4) is 0 Å². The van der Waals surface area contributed by atoms with Crippen molar-refractivity contribution in [1.29, 1.82) is 0 Å². The summed E-state index contributed by atoms with van der Waals surface area (Å²) in [5.41, 5.74) is 1.37. The number of amides is 2. The Bertz CT molecular complexity index is 1640. The molecule has 2 heterocycles. The molecule has 0 spiro atoms. The summed E-state index contributed by atoms with van der Waals surface area (Å²) < 4.78 is 8.76. The average Bonchev–Trinajstić information content (AvgIpc) is 3.23. The topological polar surface area (TPSA) is 132 Å². The quantitative estimate of drug-likeness (QED) is 0.312. The lowest BCUT2D eigenvalue weighted by Crippen LogP contribution is -2.45. The van der Waals surface area contributed by atoms with Gasteiger partial charge in [-0.05, 0) is 31.7 Å². The number of Topliss-reactive ketones (excluding diaryl/α,β-unsaturated/α-hetero) is 1. The maximum absolute atomic E-state index is 13.9. The molecule has 2 aromatic carbocycles. The van der Waals surface area contributed by atoms with Gasteiger partial charge in [-0.3, -0.25) is 19.0 Å². The summed E-state index contributed by atoms with van der Waals surface area (Å²) in [7, 11) is 3.12. The molecule has 2 aromatic heterocycles. The van der Waals surface area contributed by atoms with E-state index in [0.717, 1.165) is 6.42 Å². The molecule has 1 aliphatic carbocycles. The second-order valence-electron chi connectivity index (χ2n) is 9.85. The molecule has 1 saturated carbocycles. The fourth-order valence-electron chi connectivity index (χ4n) is 5.68. The Labute approximate surface area is 224 Å². The van der Waals surface area contributed by atoms with Gasteiger partial charge in [-0.1, -0.05) is 48.5 Å². The van der Waals surface area contributed by atoms with E-state index in [1.54, 1.807) is 48.0 Å². The third-order valence-corrected chi connectivity index (χ3v) is 7.41. The Balaban J connectivity index is 1.59. The predicted molar refractivity (Wildman–Crippen MR) is 147 cm³/mol.